The van der Waals surface area contributed by atoms with E-state index in [2.05, 4.69) is 41.9 Å². The summed E-state index contributed by atoms with van der Waals surface area (Å²) in [6, 6.07) is 10.8. The molecule has 0 fully saturated rings. The molecule has 2 nitrogen and oxygen atoms in total. The number of hydrogen-bond acceptors (Lipinski definition) is 3. The molecule has 1 N–H and O–H groups in total. The lowest BCUT2D eigenvalue weighted by Crippen LogP contribution is -2.17. The van der Waals surface area contributed by atoms with E-state index in [1.54, 1.807) is 18.4 Å². The smallest absolute Gasteiger partial charge is 0.134 e. The zero-order chi connectivity index (χ0) is 12.3. The Morgan fingerprint density at radius 2 is 2.12 bits per heavy atom. The average Bonchev–Trinajstić information content (AvgIpc) is 2.78. The Kier molecular flexibility index (Phi) is 3.82. The fourth-order valence-corrected chi connectivity index (χ4v) is 2.98. The molecular formula is C14H17NOS. The van der Waals surface area contributed by atoms with E-state index < -0.39 is 0 Å². The highest BCUT2D eigenvalue weighted by Gasteiger charge is 2.17. The second kappa shape index (κ2) is 5.34. The van der Waals surface area contributed by atoms with E-state index in [9.17, 15) is 0 Å². The van der Waals surface area contributed by atoms with Crippen molar-refractivity contribution >= 4 is 11.3 Å². The van der Waals surface area contributed by atoms with Gasteiger partial charge >= 0.3 is 0 Å². The third-order valence-electron chi connectivity index (χ3n) is 2.80. The van der Waals surface area contributed by atoms with Gasteiger partial charge in [-0.3, -0.25) is 0 Å². The van der Waals surface area contributed by atoms with E-state index in [0.29, 0.717) is 0 Å². The van der Waals surface area contributed by atoms with Gasteiger partial charge in [0.1, 0.15) is 5.75 Å². The second-order valence-electron chi connectivity index (χ2n) is 3.99. The number of nitrogens with one attached hydrogen (secondary N) is 1. The van der Waals surface area contributed by atoms with Crippen molar-refractivity contribution in [3.8, 4) is 5.75 Å². The molecule has 0 saturated heterocycles. The zero-order valence-corrected chi connectivity index (χ0v) is 11.2. The van der Waals surface area contributed by atoms with Gasteiger partial charge in [0.2, 0.25) is 0 Å². The summed E-state index contributed by atoms with van der Waals surface area (Å²) >= 11 is 1.72. The molecule has 0 spiro atoms. The molecule has 1 aromatic carbocycles. The van der Waals surface area contributed by atoms with Gasteiger partial charge in [-0.2, -0.15) is 0 Å². The molecule has 1 unspecified atom stereocenters. The maximum absolute atomic E-state index is 5.39. The summed E-state index contributed by atoms with van der Waals surface area (Å²) in [5.41, 5.74) is 2.55. The van der Waals surface area contributed by atoms with Crippen LogP contribution >= 0.6 is 11.3 Å². The quantitative estimate of drug-likeness (QED) is 0.894. The number of ether oxygens (including phenoxy) is 1. The highest BCUT2D eigenvalue weighted by molar-refractivity contribution is 7.10. The summed E-state index contributed by atoms with van der Waals surface area (Å²) in [4.78, 5) is 1.22. The number of aryl methyl sites for hydroxylation is 1. The van der Waals surface area contributed by atoms with Gasteiger partial charge in [0.25, 0.3) is 0 Å². The second-order valence-corrected chi connectivity index (χ2v) is 4.94. The first-order chi connectivity index (χ1) is 8.26. The van der Waals surface area contributed by atoms with Crippen LogP contribution in [-0.2, 0) is 0 Å². The minimum atomic E-state index is 0.199. The maximum Gasteiger partial charge on any atom is 0.134 e. The minimum absolute atomic E-state index is 0.199. The van der Waals surface area contributed by atoms with Crippen LogP contribution in [0.2, 0.25) is 0 Å². The molecule has 0 saturated carbocycles. The Morgan fingerprint density at radius 1 is 1.29 bits per heavy atom. The lowest BCUT2D eigenvalue weighted by Gasteiger charge is -2.17. The van der Waals surface area contributed by atoms with E-state index in [1.165, 1.54) is 16.0 Å². The predicted octanol–water partition coefficient (Wildman–Crippen LogP) is 3.37. The molecule has 1 aromatic heterocycles. The van der Waals surface area contributed by atoms with Crippen molar-refractivity contribution in [2.75, 3.05) is 14.2 Å². The first-order valence-electron chi connectivity index (χ1n) is 5.61. The van der Waals surface area contributed by atoms with Crippen molar-refractivity contribution in [2.24, 2.45) is 0 Å². The number of rotatable bonds is 4. The summed E-state index contributed by atoms with van der Waals surface area (Å²) in [6.07, 6.45) is 0. The Morgan fingerprint density at radius 3 is 2.76 bits per heavy atom. The van der Waals surface area contributed by atoms with Gasteiger partial charge in [-0.05, 0) is 31.0 Å². The van der Waals surface area contributed by atoms with Crippen LogP contribution in [0.15, 0.2) is 35.7 Å². The van der Waals surface area contributed by atoms with Crippen molar-refractivity contribution in [2.45, 2.75) is 13.0 Å². The summed E-state index contributed by atoms with van der Waals surface area (Å²) < 4.78 is 5.39. The number of thiophene rings is 1. The average molecular weight is 247 g/mol. The first kappa shape index (κ1) is 12.1. The molecule has 0 bridgehead atoms. The largest absolute Gasteiger partial charge is 0.496 e. The molecular weight excluding hydrogens is 230 g/mol. The Labute approximate surface area is 106 Å². The van der Waals surface area contributed by atoms with Crippen LogP contribution in [0.4, 0.5) is 0 Å². The fourth-order valence-electron chi connectivity index (χ4n) is 1.99. The molecule has 0 radical (unpaired) electrons. The van der Waals surface area contributed by atoms with E-state index in [1.807, 2.05) is 13.1 Å². The summed E-state index contributed by atoms with van der Waals surface area (Å²) in [5, 5.41) is 5.42. The molecule has 17 heavy (non-hydrogen) atoms. The lowest BCUT2D eigenvalue weighted by molar-refractivity contribution is 0.408. The topological polar surface area (TPSA) is 21.3 Å². The normalized spacial score (nSPS) is 12.4. The van der Waals surface area contributed by atoms with Crippen LogP contribution in [0.25, 0.3) is 0 Å². The highest BCUT2D eigenvalue weighted by atomic mass is 32.1. The van der Waals surface area contributed by atoms with E-state index >= 15 is 0 Å². The van der Waals surface area contributed by atoms with Gasteiger partial charge in [0, 0.05) is 0 Å². The molecule has 2 aromatic rings. The molecule has 0 aliphatic carbocycles. The maximum atomic E-state index is 5.39. The van der Waals surface area contributed by atoms with Crippen molar-refractivity contribution in [3.63, 3.8) is 0 Å². The fraction of sp³-hybridized carbons (Fsp3) is 0.286. The van der Waals surface area contributed by atoms with Gasteiger partial charge in [-0.15, -0.1) is 11.3 Å². The van der Waals surface area contributed by atoms with Gasteiger partial charge in [0.15, 0.2) is 0 Å². The molecule has 3 heteroatoms. The standard InChI is InChI=1S/C14H17NOS/c1-10-5-4-6-11(9-10)13(15-2)14-12(16-3)7-8-17-14/h4-9,13,15H,1-3H3. The molecule has 0 amide bonds. The molecule has 0 aliphatic rings. The number of benzene rings is 1. The third kappa shape index (κ3) is 2.51. The van der Waals surface area contributed by atoms with Crippen molar-refractivity contribution in [3.05, 3.63) is 51.7 Å². The molecule has 0 aliphatic heterocycles. The number of hydrogen-bond donors (Lipinski definition) is 1. The van der Waals surface area contributed by atoms with Crippen LogP contribution < -0.4 is 10.1 Å². The third-order valence-corrected chi connectivity index (χ3v) is 3.77. The van der Waals surface area contributed by atoms with Crippen molar-refractivity contribution < 1.29 is 4.74 Å². The van der Waals surface area contributed by atoms with E-state index in [0.717, 1.165) is 5.75 Å². The van der Waals surface area contributed by atoms with Gasteiger partial charge in [-0.1, -0.05) is 29.8 Å². The highest BCUT2D eigenvalue weighted by Crippen LogP contribution is 2.34. The van der Waals surface area contributed by atoms with Crippen molar-refractivity contribution in [1.29, 1.82) is 0 Å². The molecule has 90 valence electrons. The molecule has 1 heterocycles. The zero-order valence-electron chi connectivity index (χ0n) is 10.4. The van der Waals surface area contributed by atoms with Crippen LogP contribution in [-0.4, -0.2) is 14.2 Å². The van der Waals surface area contributed by atoms with Gasteiger partial charge in [-0.25, -0.2) is 0 Å². The minimum Gasteiger partial charge on any atom is -0.496 e. The summed E-state index contributed by atoms with van der Waals surface area (Å²) in [5.74, 6) is 0.954. The SMILES string of the molecule is CNC(c1cccc(C)c1)c1sccc1OC. The molecule has 1 atom stereocenters. The summed E-state index contributed by atoms with van der Waals surface area (Å²) in [7, 11) is 3.70. The first-order valence-corrected chi connectivity index (χ1v) is 6.49. The Balaban J connectivity index is 2.40. The van der Waals surface area contributed by atoms with Gasteiger partial charge < -0.3 is 10.1 Å². The van der Waals surface area contributed by atoms with Crippen LogP contribution in [0.1, 0.15) is 22.0 Å². The Bertz CT molecular complexity index is 492. The van der Waals surface area contributed by atoms with Gasteiger partial charge in [0.05, 0.1) is 18.0 Å². The van der Waals surface area contributed by atoms with E-state index in [-0.39, 0.29) is 6.04 Å². The number of methoxy groups -OCH3 is 1. The van der Waals surface area contributed by atoms with Crippen molar-refractivity contribution in [1.82, 2.24) is 5.32 Å². The van der Waals surface area contributed by atoms with Crippen LogP contribution in [0, 0.1) is 6.92 Å². The Hall–Kier alpha value is -1.32. The molecule has 2 rings (SSSR count). The van der Waals surface area contributed by atoms with E-state index in [4.69, 9.17) is 4.74 Å². The van der Waals surface area contributed by atoms with Crippen LogP contribution in [0.3, 0.4) is 0 Å². The lowest BCUT2D eigenvalue weighted by atomic mass is 10.0. The predicted molar refractivity (Wildman–Crippen MR) is 73.0 cm³/mol. The summed E-state index contributed by atoms with van der Waals surface area (Å²) in [6.45, 7) is 2.11. The van der Waals surface area contributed by atoms with Crippen LogP contribution in [0.5, 0.6) is 5.75 Å². The monoisotopic (exact) mass is 247 g/mol.